The van der Waals surface area contributed by atoms with Crippen LogP contribution < -0.4 is 10.6 Å². The molecule has 182 valence electrons. The number of allylic oxidation sites excluding steroid dienone is 2. The molecule has 2 N–H and O–H groups in total. The number of hydrogen-bond donors (Lipinski definition) is 2. The van der Waals surface area contributed by atoms with Gasteiger partial charge in [-0.1, -0.05) is 53.2 Å². The third-order valence-corrected chi connectivity index (χ3v) is 6.42. The molecule has 2 aromatic rings. The van der Waals surface area contributed by atoms with Crippen molar-refractivity contribution in [2.24, 2.45) is 0 Å². The Balaban J connectivity index is 1.91. The monoisotopic (exact) mass is 509 g/mol. The van der Waals surface area contributed by atoms with Gasteiger partial charge in [-0.3, -0.25) is 4.79 Å². The van der Waals surface area contributed by atoms with Gasteiger partial charge >= 0.3 is 5.97 Å². The number of halogens is 1. The van der Waals surface area contributed by atoms with Crippen molar-refractivity contribution in [2.75, 3.05) is 11.1 Å². The number of nitriles is 1. The first-order valence-electron chi connectivity index (χ1n) is 11.1. The van der Waals surface area contributed by atoms with Crippen LogP contribution in [0.3, 0.4) is 0 Å². The fourth-order valence-corrected chi connectivity index (χ4v) is 4.61. The number of amides is 1. The second-order valence-electron chi connectivity index (χ2n) is 9.21. The number of aryl methyl sites for hydroxylation is 1. The van der Waals surface area contributed by atoms with Crippen LogP contribution in [-0.2, 0) is 14.3 Å². The summed E-state index contributed by atoms with van der Waals surface area (Å²) in [5, 5.41) is 17.2. The van der Waals surface area contributed by atoms with E-state index in [9.17, 15) is 14.9 Å². The lowest BCUT2D eigenvalue weighted by Crippen LogP contribution is -2.32. The molecule has 1 aliphatic heterocycles. The molecule has 6 nitrogen and oxygen atoms in total. The fourth-order valence-electron chi connectivity index (χ4n) is 3.59. The van der Waals surface area contributed by atoms with Crippen molar-refractivity contribution in [3.63, 3.8) is 0 Å². The molecule has 0 aliphatic carbocycles. The van der Waals surface area contributed by atoms with Crippen LogP contribution in [0.15, 0.2) is 70.4 Å². The van der Waals surface area contributed by atoms with Gasteiger partial charge < -0.3 is 15.4 Å². The summed E-state index contributed by atoms with van der Waals surface area (Å²) in [5.74, 6) is -1.27. The highest BCUT2D eigenvalue weighted by Gasteiger charge is 2.37. The van der Waals surface area contributed by atoms with E-state index in [1.165, 1.54) is 11.8 Å². The number of hydrogen-bond acceptors (Lipinski definition) is 6. The zero-order chi connectivity index (χ0) is 25.8. The molecule has 0 spiro atoms. The maximum absolute atomic E-state index is 13.2. The predicted octanol–water partition coefficient (Wildman–Crippen LogP) is 6.06. The molecule has 1 amide bonds. The normalized spacial score (nSPS) is 15.9. The number of ether oxygens (including phenoxy) is 1. The molecule has 0 unspecified atom stereocenters. The summed E-state index contributed by atoms with van der Waals surface area (Å²) in [5.41, 5.74) is 3.10. The zero-order valence-electron chi connectivity index (χ0n) is 20.4. The van der Waals surface area contributed by atoms with Crippen molar-refractivity contribution in [3.8, 4) is 6.07 Å². The lowest BCUT2D eigenvalue weighted by Gasteiger charge is -2.31. The molecule has 3 rings (SSSR count). The van der Waals surface area contributed by atoms with Crippen molar-refractivity contribution >= 4 is 40.9 Å². The topological polar surface area (TPSA) is 91.2 Å². The van der Waals surface area contributed by atoms with Crippen LogP contribution in [0.4, 0.5) is 5.69 Å². The number of dihydropyridines is 1. The van der Waals surface area contributed by atoms with Gasteiger partial charge in [-0.2, -0.15) is 5.26 Å². The number of anilines is 1. The van der Waals surface area contributed by atoms with E-state index in [0.29, 0.717) is 32.6 Å². The minimum absolute atomic E-state index is 0.0871. The Bertz CT molecular complexity index is 1220. The number of carbonyl (C=O) groups is 2. The number of nitrogens with zero attached hydrogens (tertiary/aromatic N) is 1. The summed E-state index contributed by atoms with van der Waals surface area (Å²) in [6, 6.07) is 16.8. The van der Waals surface area contributed by atoms with Gasteiger partial charge in [-0.25, -0.2) is 4.79 Å². The Labute approximate surface area is 215 Å². The molecule has 0 saturated heterocycles. The summed E-state index contributed by atoms with van der Waals surface area (Å²) < 4.78 is 5.66. The molecule has 1 heterocycles. The van der Waals surface area contributed by atoms with Crippen molar-refractivity contribution in [1.82, 2.24) is 5.32 Å². The van der Waals surface area contributed by atoms with Crippen LogP contribution in [0.5, 0.6) is 0 Å². The number of thioether (sulfide) groups is 1. The van der Waals surface area contributed by atoms with E-state index in [4.69, 9.17) is 16.3 Å². The second kappa shape index (κ2) is 11.0. The zero-order valence-corrected chi connectivity index (χ0v) is 21.9. The van der Waals surface area contributed by atoms with Gasteiger partial charge in [0.25, 0.3) is 0 Å². The Hall–Kier alpha value is -3.21. The average Bonchev–Trinajstić information content (AvgIpc) is 2.78. The molecule has 1 aliphatic rings. The number of nitrogens with one attached hydrogen (secondary N) is 2. The van der Waals surface area contributed by atoms with E-state index in [0.717, 1.165) is 11.1 Å². The van der Waals surface area contributed by atoms with Gasteiger partial charge in [0.05, 0.1) is 33.9 Å². The van der Waals surface area contributed by atoms with Crippen LogP contribution in [0.25, 0.3) is 0 Å². The predicted molar refractivity (Wildman–Crippen MR) is 141 cm³/mol. The quantitative estimate of drug-likeness (QED) is 0.460. The fraction of sp³-hybridized carbons (Fsp3) is 0.296. The minimum atomic E-state index is -0.700. The first-order valence-corrected chi connectivity index (χ1v) is 12.4. The Morgan fingerprint density at radius 2 is 1.74 bits per heavy atom. The SMILES string of the molecule is CC1=C(C(=O)OC(C)(C)C)[C@@H](c2ccc(Cl)cc2)C(C#N)=C(SCC(=O)Nc2ccc(C)cc2)N1. The third-order valence-electron chi connectivity index (χ3n) is 5.15. The van der Waals surface area contributed by atoms with Gasteiger partial charge in [-0.05, 0) is 64.4 Å². The minimum Gasteiger partial charge on any atom is -0.457 e. The number of carbonyl (C=O) groups excluding carboxylic acids is 2. The standard InChI is InChI=1S/C27H28ClN3O3S/c1-16-6-12-20(13-7-16)31-22(32)15-35-25-21(14-29)24(18-8-10-19(28)11-9-18)23(17(2)30-25)26(33)34-27(3,4)5/h6-13,24,30H,15H2,1-5H3,(H,31,32)/t24-/m0/s1. The smallest absolute Gasteiger partial charge is 0.337 e. The molecular weight excluding hydrogens is 482 g/mol. The van der Waals surface area contributed by atoms with Gasteiger partial charge in [0, 0.05) is 16.4 Å². The summed E-state index contributed by atoms with van der Waals surface area (Å²) in [6.07, 6.45) is 0. The summed E-state index contributed by atoms with van der Waals surface area (Å²) in [6.45, 7) is 9.13. The average molecular weight is 510 g/mol. The van der Waals surface area contributed by atoms with Crippen LogP contribution in [-0.4, -0.2) is 23.2 Å². The van der Waals surface area contributed by atoms with Gasteiger partial charge in [0.1, 0.15) is 5.60 Å². The van der Waals surface area contributed by atoms with E-state index in [-0.39, 0.29) is 11.7 Å². The lowest BCUT2D eigenvalue weighted by atomic mass is 9.82. The Kier molecular flexibility index (Phi) is 8.31. The van der Waals surface area contributed by atoms with E-state index >= 15 is 0 Å². The van der Waals surface area contributed by atoms with Crippen LogP contribution in [0.1, 0.15) is 44.7 Å². The van der Waals surface area contributed by atoms with Crippen LogP contribution >= 0.6 is 23.4 Å². The largest absolute Gasteiger partial charge is 0.457 e. The molecular formula is C27H28ClN3O3S. The highest BCUT2D eigenvalue weighted by Crippen LogP contribution is 2.41. The maximum atomic E-state index is 13.2. The molecule has 0 fully saturated rings. The van der Waals surface area contributed by atoms with Crippen molar-refractivity contribution < 1.29 is 14.3 Å². The summed E-state index contributed by atoms with van der Waals surface area (Å²) in [4.78, 5) is 25.8. The molecule has 0 aromatic heterocycles. The van der Waals surface area contributed by atoms with E-state index in [2.05, 4.69) is 16.7 Å². The van der Waals surface area contributed by atoms with Crippen molar-refractivity contribution in [3.05, 3.63) is 86.6 Å². The first kappa shape index (κ1) is 26.4. The van der Waals surface area contributed by atoms with E-state index in [1.54, 1.807) is 52.0 Å². The second-order valence-corrected chi connectivity index (χ2v) is 10.6. The summed E-state index contributed by atoms with van der Waals surface area (Å²) >= 11 is 7.30. The molecule has 2 aromatic carbocycles. The molecule has 0 radical (unpaired) electrons. The Morgan fingerprint density at radius 3 is 2.31 bits per heavy atom. The van der Waals surface area contributed by atoms with Gasteiger partial charge in [0.15, 0.2) is 0 Å². The highest BCUT2D eigenvalue weighted by atomic mass is 35.5. The first-order chi connectivity index (χ1) is 16.5. The molecule has 1 atom stereocenters. The molecule has 0 bridgehead atoms. The lowest BCUT2D eigenvalue weighted by molar-refractivity contribution is -0.150. The highest BCUT2D eigenvalue weighted by molar-refractivity contribution is 8.03. The van der Waals surface area contributed by atoms with E-state index < -0.39 is 17.5 Å². The Morgan fingerprint density at radius 1 is 1.11 bits per heavy atom. The maximum Gasteiger partial charge on any atom is 0.337 e. The number of rotatable bonds is 6. The van der Waals surface area contributed by atoms with Crippen molar-refractivity contribution in [1.29, 1.82) is 5.26 Å². The van der Waals surface area contributed by atoms with Crippen molar-refractivity contribution in [2.45, 2.75) is 46.1 Å². The van der Waals surface area contributed by atoms with Gasteiger partial charge in [0.2, 0.25) is 5.91 Å². The van der Waals surface area contributed by atoms with Gasteiger partial charge in [-0.15, -0.1) is 0 Å². The third kappa shape index (κ3) is 6.91. The number of esters is 1. The molecule has 8 heteroatoms. The van der Waals surface area contributed by atoms with Crippen LogP contribution in [0, 0.1) is 18.3 Å². The molecule has 0 saturated carbocycles. The van der Waals surface area contributed by atoms with Crippen LogP contribution in [0.2, 0.25) is 5.02 Å². The number of benzene rings is 2. The van der Waals surface area contributed by atoms with E-state index in [1.807, 2.05) is 31.2 Å². The molecule has 35 heavy (non-hydrogen) atoms. The summed E-state index contributed by atoms with van der Waals surface area (Å²) in [7, 11) is 0.